The largest absolute Gasteiger partial charge is 0.354 e. The summed E-state index contributed by atoms with van der Waals surface area (Å²) in [7, 11) is 0. The molecule has 0 radical (unpaired) electrons. The number of benzene rings is 2. The molecule has 0 saturated carbocycles. The molecule has 2 heterocycles. The number of nitrogens with one attached hydrogen (secondary N) is 1. The summed E-state index contributed by atoms with van der Waals surface area (Å²) in [5.41, 5.74) is 1.31. The fraction of sp³-hybridized carbons (Fsp3) is 0.111. The van der Waals surface area contributed by atoms with Gasteiger partial charge in [0.15, 0.2) is 0 Å². The number of H-pyrrole nitrogens is 1. The summed E-state index contributed by atoms with van der Waals surface area (Å²) >= 11 is 1.90. The van der Waals surface area contributed by atoms with Gasteiger partial charge >= 0.3 is 0 Å². The van der Waals surface area contributed by atoms with Gasteiger partial charge in [-0.2, -0.15) is 0 Å². The van der Waals surface area contributed by atoms with Crippen molar-refractivity contribution in [1.29, 1.82) is 0 Å². The summed E-state index contributed by atoms with van der Waals surface area (Å²) in [5, 5.41) is 6.81. The number of thiophene rings is 1. The van der Waals surface area contributed by atoms with Crippen LogP contribution in [0.2, 0.25) is 0 Å². The van der Waals surface area contributed by atoms with Gasteiger partial charge < -0.3 is 4.98 Å². The van der Waals surface area contributed by atoms with Gasteiger partial charge in [0, 0.05) is 31.4 Å². The van der Waals surface area contributed by atoms with Crippen molar-refractivity contribution in [3.8, 4) is 0 Å². The van der Waals surface area contributed by atoms with Crippen molar-refractivity contribution in [1.82, 2.24) is 4.98 Å². The number of aromatic nitrogens is 1. The molecule has 0 spiro atoms. The van der Waals surface area contributed by atoms with Gasteiger partial charge in [0.25, 0.3) is 0 Å². The molecule has 0 atom stereocenters. The first kappa shape index (κ1) is 10.7. The van der Waals surface area contributed by atoms with Gasteiger partial charge in [-0.15, -0.1) is 11.3 Å². The molecule has 2 aromatic carbocycles. The molecule has 96 valence electrons. The van der Waals surface area contributed by atoms with Crippen LogP contribution in [0, 0.1) is 0 Å². The average Bonchev–Trinajstić information content (AvgIpc) is 3.05. The fourth-order valence-corrected chi connectivity index (χ4v) is 4.53. The Morgan fingerprint density at radius 2 is 1.70 bits per heavy atom. The maximum absolute atomic E-state index is 3.64. The van der Waals surface area contributed by atoms with Crippen LogP contribution in [-0.4, -0.2) is 4.98 Å². The minimum absolute atomic E-state index is 1.15. The van der Waals surface area contributed by atoms with Crippen molar-refractivity contribution in [2.45, 2.75) is 12.8 Å². The van der Waals surface area contributed by atoms with Crippen LogP contribution in [0.5, 0.6) is 0 Å². The minimum atomic E-state index is 1.15. The zero-order chi connectivity index (χ0) is 13.1. The summed E-state index contributed by atoms with van der Waals surface area (Å²) in [5.74, 6) is 0. The zero-order valence-corrected chi connectivity index (χ0v) is 11.8. The van der Waals surface area contributed by atoms with E-state index >= 15 is 0 Å². The van der Waals surface area contributed by atoms with Crippen LogP contribution in [0.25, 0.3) is 43.2 Å². The van der Waals surface area contributed by atoms with Gasteiger partial charge in [-0.1, -0.05) is 42.5 Å². The molecule has 0 amide bonds. The first-order valence-electron chi connectivity index (χ1n) is 7.04. The molecule has 2 aromatic heterocycles. The maximum Gasteiger partial charge on any atom is 0.0646 e. The number of rotatable bonds is 0. The van der Waals surface area contributed by atoms with Gasteiger partial charge in [-0.05, 0) is 18.9 Å². The predicted octanol–water partition coefficient (Wildman–Crippen LogP) is 3.89. The number of fused-ring (bicyclic) bond motifs is 7. The van der Waals surface area contributed by atoms with Crippen molar-refractivity contribution >= 4 is 54.6 Å². The standard InChI is InChI=1S/C18H13NS/c1-3-7-15-11(5-1)13-9-10-14-12-6-2-4-8-16(12)20-18(14)17(13)19-15/h2,4-10,19H,1,3H2. The Kier molecular flexibility index (Phi) is 2.00. The Balaban J connectivity index is 2.10. The van der Waals surface area contributed by atoms with Crippen molar-refractivity contribution in [3.63, 3.8) is 0 Å². The molecule has 5 rings (SSSR count). The van der Waals surface area contributed by atoms with Crippen LogP contribution in [0.15, 0.2) is 36.4 Å². The van der Waals surface area contributed by atoms with E-state index in [2.05, 4.69) is 53.5 Å². The van der Waals surface area contributed by atoms with Crippen LogP contribution in [0.1, 0.15) is 12.8 Å². The van der Waals surface area contributed by atoms with Gasteiger partial charge in [0.1, 0.15) is 0 Å². The van der Waals surface area contributed by atoms with E-state index in [1.807, 2.05) is 11.3 Å². The van der Waals surface area contributed by atoms with E-state index in [-0.39, 0.29) is 0 Å². The summed E-state index contributed by atoms with van der Waals surface area (Å²) in [6, 6.07) is 13.2. The quantitative estimate of drug-likeness (QED) is 0.501. The lowest BCUT2D eigenvalue weighted by atomic mass is 10.1. The van der Waals surface area contributed by atoms with Crippen molar-refractivity contribution in [2.24, 2.45) is 0 Å². The lowest BCUT2D eigenvalue weighted by molar-refractivity contribution is 1.11. The molecular weight excluding hydrogens is 262 g/mol. The maximum atomic E-state index is 3.64. The number of hydrogen-bond acceptors (Lipinski definition) is 1. The third kappa shape index (κ3) is 1.27. The third-order valence-electron chi connectivity index (χ3n) is 4.25. The van der Waals surface area contributed by atoms with E-state index in [4.69, 9.17) is 0 Å². The molecule has 1 aliphatic carbocycles. The highest BCUT2D eigenvalue weighted by atomic mass is 32.1. The first-order chi connectivity index (χ1) is 9.92. The lowest BCUT2D eigenvalue weighted by Gasteiger charge is -1.94. The van der Waals surface area contributed by atoms with E-state index in [0.29, 0.717) is 0 Å². The fourth-order valence-electron chi connectivity index (χ4n) is 3.32. The number of aromatic amines is 1. The van der Waals surface area contributed by atoms with Crippen molar-refractivity contribution in [2.75, 3.05) is 0 Å². The average molecular weight is 275 g/mol. The van der Waals surface area contributed by atoms with E-state index in [9.17, 15) is 0 Å². The van der Waals surface area contributed by atoms with E-state index in [0.717, 1.165) is 12.8 Å². The molecule has 0 aliphatic heterocycles. The van der Waals surface area contributed by atoms with E-state index < -0.39 is 0 Å². The minimum Gasteiger partial charge on any atom is -0.354 e. The second-order valence-electron chi connectivity index (χ2n) is 5.40. The Morgan fingerprint density at radius 1 is 0.850 bits per heavy atom. The van der Waals surface area contributed by atoms with Gasteiger partial charge in [0.2, 0.25) is 0 Å². The topological polar surface area (TPSA) is 15.8 Å². The lowest BCUT2D eigenvalue weighted by Crippen LogP contribution is -2.24. The smallest absolute Gasteiger partial charge is 0.0646 e. The van der Waals surface area contributed by atoms with Crippen molar-refractivity contribution in [3.05, 3.63) is 47.0 Å². The Morgan fingerprint density at radius 3 is 2.70 bits per heavy atom. The highest BCUT2D eigenvalue weighted by molar-refractivity contribution is 7.26. The summed E-state index contributed by atoms with van der Waals surface area (Å²) < 4.78 is 2.76. The first-order valence-corrected chi connectivity index (χ1v) is 7.86. The summed E-state index contributed by atoms with van der Waals surface area (Å²) in [6.07, 6.45) is 7.00. The van der Waals surface area contributed by atoms with Gasteiger partial charge in [-0.25, -0.2) is 0 Å². The molecule has 1 N–H and O–H groups in total. The Hall–Kier alpha value is -2.06. The molecule has 4 aromatic rings. The molecule has 0 unspecified atom stereocenters. The Labute approximate surface area is 119 Å². The normalized spacial score (nSPS) is 14.4. The monoisotopic (exact) mass is 275 g/mol. The van der Waals surface area contributed by atoms with Crippen LogP contribution in [0.3, 0.4) is 0 Å². The Bertz CT molecular complexity index is 1100. The SMILES string of the molecule is C1=c2[nH]c3c(ccc4c5ccccc5sc43)c2=CCC1. The van der Waals surface area contributed by atoms with Gasteiger partial charge in [-0.3, -0.25) is 0 Å². The molecule has 1 aliphatic rings. The summed E-state index contributed by atoms with van der Waals surface area (Å²) in [6.45, 7) is 0. The molecule has 0 fully saturated rings. The second kappa shape index (κ2) is 3.74. The molecular formula is C18H13NS. The van der Waals surface area contributed by atoms with Crippen LogP contribution in [0.4, 0.5) is 0 Å². The highest BCUT2D eigenvalue weighted by Crippen LogP contribution is 2.36. The number of hydrogen-bond donors (Lipinski definition) is 1. The molecule has 0 bridgehead atoms. The van der Waals surface area contributed by atoms with Crippen LogP contribution < -0.4 is 10.6 Å². The zero-order valence-electron chi connectivity index (χ0n) is 10.9. The molecule has 20 heavy (non-hydrogen) atoms. The van der Waals surface area contributed by atoms with Crippen molar-refractivity contribution < 1.29 is 0 Å². The van der Waals surface area contributed by atoms with Gasteiger partial charge in [0.05, 0.1) is 10.2 Å². The molecule has 1 nitrogen and oxygen atoms in total. The third-order valence-corrected chi connectivity index (χ3v) is 5.45. The molecule has 2 heteroatoms. The predicted molar refractivity (Wildman–Crippen MR) is 88.6 cm³/mol. The van der Waals surface area contributed by atoms with Crippen LogP contribution in [-0.2, 0) is 0 Å². The molecule has 0 saturated heterocycles. The second-order valence-corrected chi connectivity index (χ2v) is 6.45. The summed E-state index contributed by atoms with van der Waals surface area (Å²) in [4.78, 5) is 3.64. The van der Waals surface area contributed by atoms with E-state index in [1.165, 1.54) is 41.6 Å². The van der Waals surface area contributed by atoms with Crippen LogP contribution >= 0.6 is 11.3 Å². The highest BCUT2D eigenvalue weighted by Gasteiger charge is 2.11. The van der Waals surface area contributed by atoms with E-state index in [1.54, 1.807) is 0 Å².